The van der Waals surface area contributed by atoms with Gasteiger partial charge in [0.15, 0.2) is 0 Å². The summed E-state index contributed by atoms with van der Waals surface area (Å²) in [6.45, 7) is 1.87. The smallest absolute Gasteiger partial charge is 0.233 e. The van der Waals surface area contributed by atoms with E-state index in [0.29, 0.717) is 18.2 Å². The van der Waals surface area contributed by atoms with Crippen molar-refractivity contribution in [3.8, 4) is 0 Å². The minimum absolute atomic E-state index is 0.338. The molecule has 6 heteroatoms. The Morgan fingerprint density at radius 3 is 3.08 bits per heavy atom. The zero-order chi connectivity index (χ0) is 17.1. The van der Waals surface area contributed by atoms with E-state index in [1.54, 1.807) is 12.5 Å². The number of furan rings is 1. The molecule has 3 aromatic heterocycles. The van der Waals surface area contributed by atoms with Crippen molar-refractivity contribution in [1.29, 1.82) is 0 Å². The summed E-state index contributed by atoms with van der Waals surface area (Å²) in [5.74, 6) is 1.39. The van der Waals surface area contributed by atoms with E-state index in [9.17, 15) is 5.11 Å². The number of rotatable bonds is 5. The van der Waals surface area contributed by atoms with E-state index in [-0.39, 0.29) is 0 Å². The van der Waals surface area contributed by atoms with Crippen LogP contribution in [0.5, 0.6) is 0 Å². The van der Waals surface area contributed by atoms with Gasteiger partial charge in [0.25, 0.3) is 0 Å². The number of nitrogens with zero attached hydrogens (tertiary/aromatic N) is 4. The second-order valence-corrected chi connectivity index (χ2v) is 6.78. The molecular weight excluding hydrogens is 316 g/mol. The summed E-state index contributed by atoms with van der Waals surface area (Å²) in [6, 6.07) is 5.94. The van der Waals surface area contributed by atoms with Gasteiger partial charge in [-0.3, -0.25) is 9.30 Å². The SMILES string of the molecule is OC(CC1CCCCCN1Cc1cnc2ncccn12)c1ccco1. The standard InChI is InChI=1S/C19H24N4O2/c24-17(18-7-4-11-25-18)12-15-6-2-1-3-9-22(15)14-16-13-21-19-20-8-5-10-23(16)19/h4-5,7-8,10-11,13,15,17,24H,1-3,6,9,12,14H2. The van der Waals surface area contributed by atoms with Crippen LogP contribution in [0.3, 0.4) is 0 Å². The van der Waals surface area contributed by atoms with Crippen molar-refractivity contribution in [2.45, 2.75) is 50.8 Å². The van der Waals surface area contributed by atoms with Gasteiger partial charge in [-0.2, -0.15) is 0 Å². The van der Waals surface area contributed by atoms with E-state index < -0.39 is 6.10 Å². The molecule has 132 valence electrons. The van der Waals surface area contributed by atoms with Crippen molar-refractivity contribution in [2.75, 3.05) is 6.54 Å². The van der Waals surface area contributed by atoms with Crippen molar-refractivity contribution < 1.29 is 9.52 Å². The number of fused-ring (bicyclic) bond motifs is 1. The first-order valence-electron chi connectivity index (χ1n) is 9.04. The van der Waals surface area contributed by atoms with Crippen LogP contribution in [0.4, 0.5) is 0 Å². The van der Waals surface area contributed by atoms with E-state index in [1.807, 2.05) is 35.0 Å². The van der Waals surface area contributed by atoms with Gasteiger partial charge >= 0.3 is 0 Å². The van der Waals surface area contributed by atoms with Crippen LogP contribution < -0.4 is 0 Å². The molecule has 0 amide bonds. The minimum Gasteiger partial charge on any atom is -0.467 e. The van der Waals surface area contributed by atoms with E-state index >= 15 is 0 Å². The van der Waals surface area contributed by atoms with Crippen molar-refractivity contribution in [3.63, 3.8) is 0 Å². The van der Waals surface area contributed by atoms with Gasteiger partial charge in [0.2, 0.25) is 5.78 Å². The molecule has 1 N–H and O–H groups in total. The van der Waals surface area contributed by atoms with Crippen LogP contribution in [0.25, 0.3) is 5.78 Å². The maximum absolute atomic E-state index is 10.5. The van der Waals surface area contributed by atoms with Gasteiger partial charge in [-0.15, -0.1) is 0 Å². The molecule has 1 aliphatic rings. The third-order valence-electron chi connectivity index (χ3n) is 5.10. The lowest BCUT2D eigenvalue weighted by molar-refractivity contribution is 0.0824. The molecule has 1 fully saturated rings. The molecule has 0 aromatic carbocycles. The van der Waals surface area contributed by atoms with Crippen LogP contribution in [-0.4, -0.2) is 37.0 Å². The molecule has 0 bridgehead atoms. The predicted molar refractivity (Wildman–Crippen MR) is 93.9 cm³/mol. The minimum atomic E-state index is -0.551. The Morgan fingerprint density at radius 1 is 1.24 bits per heavy atom. The van der Waals surface area contributed by atoms with Crippen LogP contribution in [-0.2, 0) is 6.54 Å². The average molecular weight is 340 g/mol. The number of aliphatic hydroxyl groups excluding tert-OH is 1. The highest BCUT2D eigenvalue weighted by Gasteiger charge is 2.26. The Kier molecular flexibility index (Phi) is 4.81. The number of hydrogen-bond acceptors (Lipinski definition) is 5. The van der Waals surface area contributed by atoms with E-state index in [0.717, 1.165) is 31.0 Å². The first-order valence-corrected chi connectivity index (χ1v) is 9.04. The zero-order valence-electron chi connectivity index (χ0n) is 14.3. The Labute approximate surface area is 147 Å². The molecule has 0 spiro atoms. The van der Waals surface area contributed by atoms with Crippen LogP contribution in [0.2, 0.25) is 0 Å². The topological polar surface area (TPSA) is 66.8 Å². The quantitative estimate of drug-likeness (QED) is 0.772. The van der Waals surface area contributed by atoms with Crippen molar-refractivity contribution in [2.24, 2.45) is 0 Å². The van der Waals surface area contributed by atoms with Gasteiger partial charge in [0, 0.05) is 25.0 Å². The molecule has 3 aromatic rings. The Bertz CT molecular complexity index is 799. The number of aliphatic hydroxyl groups is 1. The molecule has 1 saturated heterocycles. The lowest BCUT2D eigenvalue weighted by atomic mass is 10.0. The third-order valence-corrected chi connectivity index (χ3v) is 5.10. The predicted octanol–water partition coefficient (Wildman–Crippen LogP) is 3.19. The van der Waals surface area contributed by atoms with Crippen LogP contribution in [0.1, 0.15) is 49.7 Å². The summed E-state index contributed by atoms with van der Waals surface area (Å²) >= 11 is 0. The van der Waals surface area contributed by atoms with E-state index in [2.05, 4.69) is 14.9 Å². The largest absolute Gasteiger partial charge is 0.467 e. The summed E-state index contributed by atoms with van der Waals surface area (Å²) < 4.78 is 7.42. The lowest BCUT2D eigenvalue weighted by Crippen LogP contribution is -2.36. The summed E-state index contributed by atoms with van der Waals surface area (Å²) in [5.41, 5.74) is 1.14. The molecular formula is C19H24N4O2. The van der Waals surface area contributed by atoms with Gasteiger partial charge in [0.1, 0.15) is 11.9 Å². The molecule has 1 aliphatic heterocycles. The molecule has 2 atom stereocenters. The first-order chi connectivity index (χ1) is 12.3. The summed E-state index contributed by atoms with van der Waals surface area (Å²) in [7, 11) is 0. The normalized spacial score (nSPS) is 20.6. The molecule has 4 rings (SSSR count). The van der Waals surface area contributed by atoms with Gasteiger partial charge in [-0.05, 0) is 44.0 Å². The molecule has 0 aliphatic carbocycles. The summed E-state index contributed by atoms with van der Waals surface area (Å²) in [5, 5.41) is 10.5. The van der Waals surface area contributed by atoms with E-state index in [4.69, 9.17) is 4.42 Å². The molecule has 2 unspecified atom stereocenters. The van der Waals surface area contributed by atoms with Gasteiger partial charge in [-0.25, -0.2) is 9.97 Å². The van der Waals surface area contributed by atoms with Gasteiger partial charge in [0.05, 0.1) is 18.2 Å². The summed E-state index contributed by atoms with van der Waals surface area (Å²) in [4.78, 5) is 11.2. The molecule has 0 radical (unpaired) electrons. The maximum Gasteiger partial charge on any atom is 0.233 e. The van der Waals surface area contributed by atoms with Crippen LogP contribution in [0, 0.1) is 0 Å². The highest BCUT2D eigenvalue weighted by molar-refractivity contribution is 5.30. The Hall–Kier alpha value is -2.18. The molecule has 25 heavy (non-hydrogen) atoms. The third kappa shape index (κ3) is 3.60. The fourth-order valence-corrected chi connectivity index (χ4v) is 3.77. The number of hydrogen-bond donors (Lipinski definition) is 1. The Morgan fingerprint density at radius 2 is 2.20 bits per heavy atom. The second-order valence-electron chi connectivity index (χ2n) is 6.78. The van der Waals surface area contributed by atoms with E-state index in [1.165, 1.54) is 19.3 Å². The molecule has 0 saturated carbocycles. The van der Waals surface area contributed by atoms with Crippen molar-refractivity contribution in [3.05, 3.63) is 54.5 Å². The maximum atomic E-state index is 10.5. The fourth-order valence-electron chi connectivity index (χ4n) is 3.77. The first kappa shape index (κ1) is 16.3. The summed E-state index contributed by atoms with van der Waals surface area (Å²) in [6.07, 6.45) is 12.2. The van der Waals surface area contributed by atoms with Crippen LogP contribution in [0.15, 0.2) is 47.5 Å². The van der Waals surface area contributed by atoms with Crippen molar-refractivity contribution >= 4 is 5.78 Å². The average Bonchev–Trinajstić information content (AvgIpc) is 3.25. The second kappa shape index (κ2) is 7.37. The number of likely N-dealkylation sites (tertiary alicyclic amines) is 1. The highest BCUT2D eigenvalue weighted by atomic mass is 16.4. The van der Waals surface area contributed by atoms with Crippen LogP contribution >= 0.6 is 0 Å². The lowest BCUT2D eigenvalue weighted by Gasteiger charge is -2.30. The fraction of sp³-hybridized carbons (Fsp3) is 0.474. The van der Waals surface area contributed by atoms with Crippen molar-refractivity contribution in [1.82, 2.24) is 19.3 Å². The monoisotopic (exact) mass is 340 g/mol. The molecule has 4 heterocycles. The zero-order valence-corrected chi connectivity index (χ0v) is 14.3. The number of aromatic nitrogens is 3. The van der Waals surface area contributed by atoms with Gasteiger partial charge in [-0.1, -0.05) is 12.8 Å². The number of imidazole rings is 1. The molecule has 6 nitrogen and oxygen atoms in total. The highest BCUT2D eigenvalue weighted by Crippen LogP contribution is 2.27. The Balaban J connectivity index is 1.52. The van der Waals surface area contributed by atoms with Gasteiger partial charge < -0.3 is 9.52 Å².